The lowest BCUT2D eigenvalue weighted by atomic mass is 10.1. The van der Waals surface area contributed by atoms with Gasteiger partial charge in [0.2, 0.25) is 0 Å². The molecule has 0 heterocycles. The van der Waals surface area contributed by atoms with Crippen molar-refractivity contribution in [2.45, 2.75) is 52.9 Å². The van der Waals surface area contributed by atoms with E-state index in [1.165, 1.54) is 31.2 Å². The van der Waals surface area contributed by atoms with Crippen LogP contribution < -0.4 is 5.32 Å². The summed E-state index contributed by atoms with van der Waals surface area (Å²) in [6, 6.07) is 7.86. The molecule has 1 aromatic rings. The van der Waals surface area contributed by atoms with Crippen molar-refractivity contribution in [1.29, 1.82) is 0 Å². The van der Waals surface area contributed by atoms with Crippen LogP contribution in [0.2, 0.25) is 0 Å². The Morgan fingerprint density at radius 3 is 2.13 bits per heavy atom. The molecule has 0 aliphatic heterocycles. The number of anilines is 1. The fourth-order valence-corrected chi connectivity index (χ4v) is 2.34. The second-order valence-corrected chi connectivity index (χ2v) is 5.86. The maximum atomic E-state index is 11.8. The summed E-state index contributed by atoms with van der Waals surface area (Å²) in [5, 5.41) is 2.77. The molecule has 0 spiro atoms. The molecule has 1 rings (SSSR count). The van der Waals surface area contributed by atoms with Crippen LogP contribution in [0.1, 0.15) is 52.0 Å². The van der Waals surface area contributed by atoms with E-state index in [9.17, 15) is 4.79 Å². The third-order valence-corrected chi connectivity index (χ3v) is 3.91. The van der Waals surface area contributed by atoms with Crippen LogP contribution in [-0.2, 0) is 11.2 Å². The van der Waals surface area contributed by atoms with Crippen molar-refractivity contribution in [2.24, 2.45) is 0 Å². The van der Waals surface area contributed by atoms with Gasteiger partial charge in [-0.3, -0.25) is 10.2 Å². The van der Waals surface area contributed by atoms with Crippen LogP contribution in [0.15, 0.2) is 24.3 Å². The Hall–Kier alpha value is -1.55. The van der Waals surface area contributed by atoms with Gasteiger partial charge in [0.1, 0.15) is 6.61 Å². The number of rotatable bonds is 11. The minimum atomic E-state index is -0.375. The fraction of sp³-hybridized carbons (Fsp3) is 0.632. The van der Waals surface area contributed by atoms with E-state index in [-0.39, 0.29) is 6.09 Å². The van der Waals surface area contributed by atoms with E-state index in [1.807, 2.05) is 24.3 Å². The summed E-state index contributed by atoms with van der Waals surface area (Å²) in [4.78, 5) is 14.2. The van der Waals surface area contributed by atoms with Crippen molar-refractivity contribution in [3.8, 4) is 0 Å². The van der Waals surface area contributed by atoms with Crippen molar-refractivity contribution in [2.75, 3.05) is 31.6 Å². The molecule has 0 atom stereocenters. The lowest BCUT2D eigenvalue weighted by Crippen LogP contribution is -2.31. The van der Waals surface area contributed by atoms with Crippen molar-refractivity contribution in [3.63, 3.8) is 0 Å². The number of aryl methyl sites for hydroxylation is 1. The van der Waals surface area contributed by atoms with Crippen LogP contribution in [0.3, 0.4) is 0 Å². The van der Waals surface area contributed by atoms with E-state index in [4.69, 9.17) is 4.74 Å². The Morgan fingerprint density at radius 1 is 1.00 bits per heavy atom. The molecule has 1 aromatic carbocycles. The Kier molecular flexibility index (Phi) is 10.1. The van der Waals surface area contributed by atoms with E-state index >= 15 is 0 Å². The number of nitrogens with one attached hydrogen (secondary N) is 1. The number of hydrogen-bond acceptors (Lipinski definition) is 3. The minimum Gasteiger partial charge on any atom is -0.448 e. The molecule has 130 valence electrons. The van der Waals surface area contributed by atoms with E-state index in [1.54, 1.807) is 0 Å². The second-order valence-electron chi connectivity index (χ2n) is 5.86. The first-order chi connectivity index (χ1) is 11.2. The largest absolute Gasteiger partial charge is 0.448 e. The monoisotopic (exact) mass is 320 g/mol. The highest BCUT2D eigenvalue weighted by Crippen LogP contribution is 2.10. The Morgan fingerprint density at radius 2 is 1.61 bits per heavy atom. The highest BCUT2D eigenvalue weighted by Gasteiger charge is 2.07. The van der Waals surface area contributed by atoms with E-state index < -0.39 is 0 Å². The molecule has 4 nitrogen and oxygen atoms in total. The molecule has 0 aliphatic carbocycles. The topological polar surface area (TPSA) is 41.6 Å². The molecule has 0 saturated carbocycles. The smallest absolute Gasteiger partial charge is 0.411 e. The maximum Gasteiger partial charge on any atom is 0.411 e. The first-order valence-electron chi connectivity index (χ1n) is 8.94. The van der Waals surface area contributed by atoms with Crippen molar-refractivity contribution in [3.05, 3.63) is 29.8 Å². The molecule has 0 saturated heterocycles. The molecule has 0 aromatic heterocycles. The van der Waals surface area contributed by atoms with Gasteiger partial charge in [-0.15, -0.1) is 0 Å². The van der Waals surface area contributed by atoms with Gasteiger partial charge in [-0.05, 0) is 50.0 Å². The predicted octanol–water partition coefficient (Wildman–Crippen LogP) is 4.70. The summed E-state index contributed by atoms with van der Waals surface area (Å²) in [7, 11) is 0. The van der Waals surface area contributed by atoms with Crippen molar-refractivity contribution < 1.29 is 9.53 Å². The lowest BCUT2D eigenvalue weighted by molar-refractivity contribution is 0.138. The van der Waals surface area contributed by atoms with Crippen LogP contribution in [0, 0.1) is 0 Å². The highest BCUT2D eigenvalue weighted by molar-refractivity contribution is 5.84. The molecule has 0 fully saturated rings. The fourth-order valence-electron chi connectivity index (χ4n) is 2.34. The van der Waals surface area contributed by atoms with Crippen LogP contribution in [0.25, 0.3) is 0 Å². The highest BCUT2D eigenvalue weighted by atomic mass is 16.5. The third-order valence-electron chi connectivity index (χ3n) is 3.91. The molecular weight excluding hydrogens is 288 g/mol. The maximum absolute atomic E-state index is 11.8. The van der Waals surface area contributed by atoms with Gasteiger partial charge >= 0.3 is 6.09 Å². The molecule has 0 unspecified atom stereocenters. The summed E-state index contributed by atoms with van der Waals surface area (Å²) >= 11 is 0. The van der Waals surface area contributed by atoms with Crippen LogP contribution >= 0.6 is 0 Å². The first-order valence-corrected chi connectivity index (χ1v) is 8.94. The molecule has 0 radical (unpaired) electrons. The first kappa shape index (κ1) is 19.5. The number of carbonyl (C=O) groups excluding carboxylic acids is 1. The number of benzene rings is 1. The zero-order chi connectivity index (χ0) is 16.9. The summed E-state index contributed by atoms with van der Waals surface area (Å²) in [5.41, 5.74) is 2.03. The average Bonchev–Trinajstić information content (AvgIpc) is 2.57. The lowest BCUT2D eigenvalue weighted by Gasteiger charge is -2.21. The normalized spacial score (nSPS) is 10.8. The molecular formula is C19H32N2O2. The van der Waals surface area contributed by atoms with E-state index in [2.05, 4.69) is 31.0 Å². The van der Waals surface area contributed by atoms with Gasteiger partial charge in [0, 0.05) is 12.2 Å². The van der Waals surface area contributed by atoms with Gasteiger partial charge in [0.05, 0.1) is 0 Å². The second kappa shape index (κ2) is 11.9. The van der Waals surface area contributed by atoms with Gasteiger partial charge in [0.25, 0.3) is 0 Å². The van der Waals surface area contributed by atoms with E-state index in [0.29, 0.717) is 6.61 Å². The molecule has 23 heavy (non-hydrogen) atoms. The minimum absolute atomic E-state index is 0.375. The zero-order valence-corrected chi connectivity index (χ0v) is 14.9. The molecule has 0 bridgehead atoms. The number of unbranched alkanes of at least 4 members (excludes halogenated alkanes) is 2. The molecule has 4 heteroatoms. The molecule has 0 aliphatic rings. The van der Waals surface area contributed by atoms with E-state index in [0.717, 1.165) is 31.7 Å². The quantitative estimate of drug-likeness (QED) is 0.642. The van der Waals surface area contributed by atoms with Gasteiger partial charge < -0.3 is 4.74 Å². The third kappa shape index (κ3) is 8.60. The van der Waals surface area contributed by atoms with Gasteiger partial charge in [-0.1, -0.05) is 45.7 Å². The van der Waals surface area contributed by atoms with Crippen LogP contribution in [0.5, 0.6) is 0 Å². The number of ether oxygens (including phenoxy) is 1. The SMILES string of the molecule is CCCCN(CCCC)CCOC(=O)Nc1ccc(CC)cc1. The predicted molar refractivity (Wildman–Crippen MR) is 97.0 cm³/mol. The number of hydrogen-bond donors (Lipinski definition) is 1. The Balaban J connectivity index is 2.29. The molecule has 1 N–H and O–H groups in total. The summed E-state index contributed by atoms with van der Waals surface area (Å²) in [6.07, 6.45) is 5.39. The standard InChI is InChI=1S/C19H32N2O2/c1-4-7-13-21(14-8-5-2)15-16-23-19(22)20-18-11-9-17(6-3)10-12-18/h9-12H,4-8,13-16H2,1-3H3,(H,20,22). The Bertz CT molecular complexity index is 424. The number of carbonyl (C=O) groups is 1. The van der Waals surface area contributed by atoms with Gasteiger partial charge in [-0.2, -0.15) is 0 Å². The average molecular weight is 320 g/mol. The van der Waals surface area contributed by atoms with Crippen molar-refractivity contribution >= 4 is 11.8 Å². The van der Waals surface area contributed by atoms with Gasteiger partial charge in [0.15, 0.2) is 0 Å². The van der Waals surface area contributed by atoms with Crippen LogP contribution in [0.4, 0.5) is 10.5 Å². The number of nitrogens with zero attached hydrogens (tertiary/aromatic N) is 1. The van der Waals surface area contributed by atoms with Gasteiger partial charge in [-0.25, -0.2) is 4.79 Å². The summed E-state index contributed by atoms with van der Waals surface area (Å²) in [6.45, 7) is 9.92. The molecule has 1 amide bonds. The summed E-state index contributed by atoms with van der Waals surface area (Å²) in [5.74, 6) is 0. The van der Waals surface area contributed by atoms with Crippen LogP contribution in [-0.4, -0.2) is 37.2 Å². The summed E-state index contributed by atoms with van der Waals surface area (Å²) < 4.78 is 5.30. The van der Waals surface area contributed by atoms with Crippen molar-refractivity contribution in [1.82, 2.24) is 4.90 Å². The zero-order valence-electron chi connectivity index (χ0n) is 14.9. The Labute approximate surface area is 141 Å². The number of amides is 1.